The molecule has 1 atom stereocenters. The fourth-order valence-electron chi connectivity index (χ4n) is 2.08. The topological polar surface area (TPSA) is 46.2 Å². The smallest absolute Gasteiger partial charge is 0.206 e. The quantitative estimate of drug-likeness (QED) is 0.784. The van der Waals surface area contributed by atoms with Gasteiger partial charge in [0.2, 0.25) is 0 Å². The summed E-state index contributed by atoms with van der Waals surface area (Å²) in [4.78, 5) is 0. The Morgan fingerprint density at radius 3 is 2.48 bits per heavy atom. The van der Waals surface area contributed by atoms with Crippen LogP contribution in [0.5, 0.6) is 0 Å². The van der Waals surface area contributed by atoms with Gasteiger partial charge in [0.15, 0.2) is 0 Å². The van der Waals surface area contributed by atoms with Crippen molar-refractivity contribution in [2.24, 2.45) is 0 Å². The Bertz CT molecular complexity index is 676. The second kappa shape index (κ2) is 7.05. The highest BCUT2D eigenvalue weighted by Crippen LogP contribution is 2.31. The van der Waals surface area contributed by atoms with E-state index in [4.69, 9.17) is 0 Å². The molecule has 1 N–H and O–H groups in total. The van der Waals surface area contributed by atoms with Gasteiger partial charge in [0.1, 0.15) is 4.21 Å². The van der Waals surface area contributed by atoms with Crippen LogP contribution in [-0.2, 0) is 10.0 Å². The summed E-state index contributed by atoms with van der Waals surface area (Å²) in [5, 5.41) is 0. The normalized spacial score (nSPS) is 13.3. The molecule has 1 aromatic heterocycles. The van der Waals surface area contributed by atoms with Gasteiger partial charge in [-0.1, -0.05) is 43.7 Å². The van der Waals surface area contributed by atoms with Crippen molar-refractivity contribution in [3.8, 4) is 0 Å². The molecule has 1 unspecified atom stereocenters. The summed E-state index contributed by atoms with van der Waals surface area (Å²) >= 11 is 4.62. The minimum absolute atomic E-state index is 0.192. The fraction of sp³-hybridized carbons (Fsp3) is 0.333. The molecule has 0 fully saturated rings. The fourth-order valence-corrected chi connectivity index (χ4v) is 5.58. The van der Waals surface area contributed by atoms with Crippen molar-refractivity contribution in [3.63, 3.8) is 0 Å². The van der Waals surface area contributed by atoms with E-state index in [-0.39, 0.29) is 6.04 Å². The lowest BCUT2D eigenvalue weighted by atomic mass is 10.0. The van der Waals surface area contributed by atoms with E-state index in [9.17, 15) is 8.42 Å². The number of halogens is 1. The molecule has 0 saturated heterocycles. The van der Waals surface area contributed by atoms with Crippen molar-refractivity contribution in [1.82, 2.24) is 4.72 Å². The zero-order valence-electron chi connectivity index (χ0n) is 12.0. The zero-order valence-corrected chi connectivity index (χ0v) is 15.2. The van der Waals surface area contributed by atoms with E-state index in [0.29, 0.717) is 4.21 Å². The molecule has 0 radical (unpaired) electrons. The molecular formula is C15H18BrNO2S2. The standard InChI is InChI=1S/C15H18BrNO2S2/c1-3-7-13(12-8-5-4-6-9-12)17-21(18,19)14-10-11(2)15(16)20-14/h4-6,8-10,13,17H,3,7H2,1-2H3. The number of benzene rings is 1. The van der Waals surface area contributed by atoms with E-state index < -0.39 is 10.0 Å². The van der Waals surface area contributed by atoms with Crippen molar-refractivity contribution in [2.45, 2.75) is 36.9 Å². The summed E-state index contributed by atoms with van der Waals surface area (Å²) in [6.07, 6.45) is 1.68. The van der Waals surface area contributed by atoms with Crippen LogP contribution < -0.4 is 4.72 Å². The van der Waals surface area contributed by atoms with Gasteiger partial charge in [-0.25, -0.2) is 13.1 Å². The highest BCUT2D eigenvalue weighted by Gasteiger charge is 2.23. The minimum atomic E-state index is -3.49. The first-order chi connectivity index (χ1) is 9.94. The van der Waals surface area contributed by atoms with E-state index in [0.717, 1.165) is 27.8 Å². The Morgan fingerprint density at radius 1 is 1.29 bits per heavy atom. The predicted octanol–water partition coefficient (Wildman–Crippen LogP) is 4.64. The summed E-state index contributed by atoms with van der Waals surface area (Å²) in [5.41, 5.74) is 1.93. The number of aryl methyl sites for hydroxylation is 1. The molecule has 0 aliphatic carbocycles. The van der Waals surface area contributed by atoms with Crippen LogP contribution in [0.25, 0.3) is 0 Å². The monoisotopic (exact) mass is 387 g/mol. The first-order valence-electron chi connectivity index (χ1n) is 6.77. The Morgan fingerprint density at radius 2 is 1.95 bits per heavy atom. The van der Waals surface area contributed by atoms with Crippen LogP contribution in [-0.4, -0.2) is 8.42 Å². The zero-order chi connectivity index (χ0) is 15.5. The molecule has 114 valence electrons. The first kappa shape index (κ1) is 16.7. The molecule has 0 saturated carbocycles. The lowest BCUT2D eigenvalue weighted by Crippen LogP contribution is -2.28. The van der Waals surface area contributed by atoms with Crippen LogP contribution in [0.1, 0.15) is 36.9 Å². The molecule has 21 heavy (non-hydrogen) atoms. The van der Waals surface area contributed by atoms with Gasteiger partial charge in [-0.2, -0.15) is 0 Å². The van der Waals surface area contributed by atoms with Gasteiger partial charge in [0.05, 0.1) is 3.79 Å². The number of sulfonamides is 1. The number of thiophene rings is 1. The number of hydrogen-bond donors (Lipinski definition) is 1. The Hall–Kier alpha value is -0.690. The van der Waals surface area contributed by atoms with Crippen LogP contribution in [0.15, 0.2) is 44.4 Å². The molecular weight excluding hydrogens is 370 g/mol. The number of hydrogen-bond acceptors (Lipinski definition) is 3. The summed E-state index contributed by atoms with van der Waals surface area (Å²) in [5.74, 6) is 0. The highest BCUT2D eigenvalue weighted by atomic mass is 79.9. The maximum absolute atomic E-state index is 12.5. The van der Waals surface area contributed by atoms with Crippen molar-refractivity contribution in [1.29, 1.82) is 0 Å². The van der Waals surface area contributed by atoms with E-state index in [1.165, 1.54) is 11.3 Å². The van der Waals surface area contributed by atoms with E-state index in [1.807, 2.05) is 37.3 Å². The van der Waals surface area contributed by atoms with Gasteiger partial charge in [0, 0.05) is 6.04 Å². The highest BCUT2D eigenvalue weighted by molar-refractivity contribution is 9.11. The third kappa shape index (κ3) is 4.16. The Kier molecular flexibility index (Phi) is 5.60. The molecule has 0 aliphatic rings. The molecule has 0 aliphatic heterocycles. The van der Waals surface area contributed by atoms with Crippen LogP contribution in [0, 0.1) is 6.92 Å². The molecule has 0 spiro atoms. The van der Waals surface area contributed by atoms with E-state index >= 15 is 0 Å². The molecule has 1 heterocycles. The number of nitrogens with one attached hydrogen (secondary N) is 1. The van der Waals surface area contributed by atoms with Crippen molar-refractivity contribution < 1.29 is 8.42 Å². The van der Waals surface area contributed by atoms with Gasteiger partial charge in [-0.05, 0) is 46.5 Å². The molecule has 1 aromatic carbocycles. The second-order valence-corrected chi connectivity index (χ2v) is 9.21. The maximum Gasteiger partial charge on any atom is 0.250 e. The van der Waals surface area contributed by atoms with Crippen LogP contribution in [0.2, 0.25) is 0 Å². The van der Waals surface area contributed by atoms with Crippen LogP contribution >= 0.6 is 27.3 Å². The summed E-state index contributed by atoms with van der Waals surface area (Å²) in [7, 11) is -3.49. The van der Waals surface area contributed by atoms with E-state index in [2.05, 4.69) is 27.6 Å². The second-order valence-electron chi connectivity index (χ2n) is 4.90. The third-order valence-electron chi connectivity index (χ3n) is 3.18. The minimum Gasteiger partial charge on any atom is -0.206 e. The molecule has 0 amide bonds. The lowest BCUT2D eigenvalue weighted by Gasteiger charge is -2.18. The van der Waals surface area contributed by atoms with Gasteiger partial charge in [0.25, 0.3) is 10.0 Å². The summed E-state index contributed by atoms with van der Waals surface area (Å²) in [6, 6.07) is 11.2. The summed E-state index contributed by atoms with van der Waals surface area (Å²) < 4.78 is 29.1. The van der Waals surface area contributed by atoms with Crippen molar-refractivity contribution in [3.05, 3.63) is 51.3 Å². The van der Waals surface area contributed by atoms with E-state index in [1.54, 1.807) is 6.07 Å². The summed E-state index contributed by atoms with van der Waals surface area (Å²) in [6.45, 7) is 3.94. The van der Waals surface area contributed by atoms with Gasteiger partial charge in [-0.3, -0.25) is 0 Å². The molecule has 3 nitrogen and oxygen atoms in total. The maximum atomic E-state index is 12.5. The molecule has 2 aromatic rings. The number of rotatable bonds is 6. The third-order valence-corrected chi connectivity index (χ3v) is 7.26. The van der Waals surface area contributed by atoms with Crippen molar-refractivity contribution >= 4 is 37.3 Å². The van der Waals surface area contributed by atoms with Crippen LogP contribution in [0.3, 0.4) is 0 Å². The van der Waals surface area contributed by atoms with Gasteiger partial charge in [-0.15, -0.1) is 11.3 Å². The van der Waals surface area contributed by atoms with Crippen molar-refractivity contribution in [2.75, 3.05) is 0 Å². The first-order valence-corrected chi connectivity index (χ1v) is 9.86. The SMILES string of the molecule is CCCC(NS(=O)(=O)c1cc(C)c(Br)s1)c1ccccc1. The molecule has 2 rings (SSSR count). The van der Waals surface area contributed by atoms with Gasteiger partial charge < -0.3 is 0 Å². The largest absolute Gasteiger partial charge is 0.250 e. The Labute approximate surface area is 138 Å². The molecule has 6 heteroatoms. The lowest BCUT2D eigenvalue weighted by molar-refractivity contribution is 0.537. The Balaban J connectivity index is 2.27. The average molecular weight is 388 g/mol. The predicted molar refractivity (Wildman–Crippen MR) is 91.2 cm³/mol. The molecule has 0 bridgehead atoms. The van der Waals surface area contributed by atoms with Gasteiger partial charge >= 0.3 is 0 Å². The average Bonchev–Trinajstić information content (AvgIpc) is 2.80. The van der Waals surface area contributed by atoms with Crippen LogP contribution in [0.4, 0.5) is 0 Å².